The molecule has 1 fully saturated rings. The lowest BCUT2D eigenvalue weighted by molar-refractivity contribution is -0.120. The lowest BCUT2D eigenvalue weighted by atomic mass is 9.99. The topological polar surface area (TPSA) is 161 Å². The number of carbonyl (C=O) groups is 1. The van der Waals surface area contributed by atoms with Crippen LogP contribution in [0.25, 0.3) is 5.82 Å². The summed E-state index contributed by atoms with van der Waals surface area (Å²) in [6, 6.07) is 9.29. The Balaban J connectivity index is 1.18. The van der Waals surface area contributed by atoms with Gasteiger partial charge >= 0.3 is 0 Å². The van der Waals surface area contributed by atoms with Crippen LogP contribution in [0.5, 0.6) is 0 Å². The molecule has 1 aromatic carbocycles. The summed E-state index contributed by atoms with van der Waals surface area (Å²) < 4.78 is 29.4. The van der Waals surface area contributed by atoms with Crippen molar-refractivity contribution in [3.8, 4) is 5.82 Å². The first-order valence-electron chi connectivity index (χ1n) is 10.9. The minimum atomic E-state index is -3.84. The van der Waals surface area contributed by atoms with Crippen molar-refractivity contribution in [1.29, 1.82) is 0 Å². The number of sulfonamides is 1. The molecule has 4 aromatic rings. The van der Waals surface area contributed by atoms with E-state index in [1.54, 1.807) is 44.4 Å². The molecular weight excluding hydrogens is 484 g/mol. The number of anilines is 3. The molecule has 5 rings (SSSR count). The van der Waals surface area contributed by atoms with Crippen molar-refractivity contribution in [2.24, 2.45) is 5.92 Å². The first kappa shape index (κ1) is 23.3. The first-order valence-corrected chi connectivity index (χ1v) is 12.4. The van der Waals surface area contributed by atoms with E-state index in [1.165, 1.54) is 29.5 Å². The van der Waals surface area contributed by atoms with Crippen molar-refractivity contribution in [3.05, 3.63) is 66.9 Å². The maximum absolute atomic E-state index is 12.7. The van der Waals surface area contributed by atoms with Crippen LogP contribution in [-0.4, -0.2) is 62.1 Å². The average molecular weight is 507 g/mol. The fourth-order valence-corrected chi connectivity index (χ4v) is 4.71. The molecule has 0 atom stereocenters. The first-order chi connectivity index (χ1) is 17.3. The summed E-state index contributed by atoms with van der Waals surface area (Å²) in [5.41, 5.74) is 1.16. The predicted octanol–water partition coefficient (Wildman–Crippen LogP) is 1.34. The zero-order valence-corrected chi connectivity index (χ0v) is 20.2. The van der Waals surface area contributed by atoms with Crippen molar-refractivity contribution in [2.75, 3.05) is 28.0 Å². The third-order valence-corrected chi connectivity index (χ3v) is 6.88. The van der Waals surface area contributed by atoms with Gasteiger partial charge in [0.25, 0.3) is 10.0 Å². The number of hydrogen-bond donors (Lipinski definition) is 2. The van der Waals surface area contributed by atoms with E-state index in [1.807, 2.05) is 4.90 Å². The van der Waals surface area contributed by atoms with E-state index < -0.39 is 10.0 Å². The third kappa shape index (κ3) is 4.98. The van der Waals surface area contributed by atoms with Gasteiger partial charge in [0.05, 0.1) is 10.8 Å². The largest absolute Gasteiger partial charge is 0.355 e. The maximum atomic E-state index is 12.7. The zero-order chi connectivity index (χ0) is 25.3. The molecule has 1 amide bonds. The second-order valence-electron chi connectivity index (χ2n) is 8.24. The Morgan fingerprint density at radius 1 is 1.00 bits per heavy atom. The average Bonchev–Trinajstić information content (AvgIpc) is 3.33. The molecule has 1 aliphatic rings. The molecule has 1 aliphatic heterocycles. The van der Waals surface area contributed by atoms with E-state index in [2.05, 4.69) is 40.1 Å². The Morgan fingerprint density at radius 3 is 2.44 bits per heavy atom. The van der Waals surface area contributed by atoms with Crippen LogP contribution >= 0.6 is 0 Å². The van der Waals surface area contributed by atoms with Gasteiger partial charge in [-0.1, -0.05) is 0 Å². The van der Waals surface area contributed by atoms with Crippen LogP contribution in [-0.2, 0) is 14.8 Å². The van der Waals surface area contributed by atoms with Gasteiger partial charge in [0.2, 0.25) is 5.91 Å². The summed E-state index contributed by atoms with van der Waals surface area (Å²) in [7, 11) is -3.84. The van der Waals surface area contributed by atoms with Gasteiger partial charge in [0.1, 0.15) is 36.4 Å². The third-order valence-electron chi connectivity index (χ3n) is 5.51. The molecule has 0 saturated carbocycles. The van der Waals surface area contributed by atoms with E-state index in [0.717, 1.165) is 0 Å². The second-order valence-corrected chi connectivity index (χ2v) is 9.92. The molecule has 36 heavy (non-hydrogen) atoms. The summed E-state index contributed by atoms with van der Waals surface area (Å²) >= 11 is 0. The lowest BCUT2D eigenvalue weighted by Crippen LogP contribution is -2.52. The van der Waals surface area contributed by atoms with Gasteiger partial charge in [-0.25, -0.2) is 38.0 Å². The molecule has 184 valence electrons. The van der Waals surface area contributed by atoms with Crippen molar-refractivity contribution < 1.29 is 13.2 Å². The molecule has 1 saturated heterocycles. The molecule has 14 heteroatoms. The molecule has 4 heterocycles. The summed E-state index contributed by atoms with van der Waals surface area (Å²) in [6.45, 7) is 4.43. The van der Waals surface area contributed by atoms with Crippen LogP contribution < -0.4 is 14.9 Å². The van der Waals surface area contributed by atoms with E-state index in [9.17, 15) is 13.2 Å². The van der Waals surface area contributed by atoms with E-state index >= 15 is 0 Å². The fraction of sp³-hybridized carbons (Fsp3) is 0.227. The van der Waals surface area contributed by atoms with Gasteiger partial charge < -0.3 is 10.2 Å². The summed E-state index contributed by atoms with van der Waals surface area (Å²) in [5.74, 6) is 1.55. The van der Waals surface area contributed by atoms with Crippen LogP contribution in [0, 0.1) is 19.8 Å². The highest BCUT2D eigenvalue weighted by Crippen LogP contribution is 2.25. The molecule has 0 spiro atoms. The molecule has 2 N–H and O–H groups in total. The van der Waals surface area contributed by atoms with Crippen LogP contribution in [0.1, 0.15) is 11.5 Å². The molecule has 0 radical (unpaired) electrons. The van der Waals surface area contributed by atoms with Crippen LogP contribution in [0.3, 0.4) is 0 Å². The predicted molar refractivity (Wildman–Crippen MR) is 130 cm³/mol. The highest BCUT2D eigenvalue weighted by atomic mass is 32.2. The lowest BCUT2D eigenvalue weighted by Gasteiger charge is -2.39. The van der Waals surface area contributed by atoms with E-state index in [-0.39, 0.29) is 22.5 Å². The van der Waals surface area contributed by atoms with Crippen LogP contribution in [0.2, 0.25) is 0 Å². The number of aromatic nitrogens is 7. The van der Waals surface area contributed by atoms with Crippen molar-refractivity contribution in [3.63, 3.8) is 0 Å². The summed E-state index contributed by atoms with van der Waals surface area (Å²) in [4.78, 5) is 35.3. The molecule has 0 unspecified atom stereocenters. The number of rotatable bonds is 7. The van der Waals surface area contributed by atoms with Gasteiger partial charge in [0, 0.05) is 36.6 Å². The Labute approximate surface area is 206 Å². The molecule has 3 aromatic heterocycles. The van der Waals surface area contributed by atoms with Gasteiger partial charge in [-0.15, -0.1) is 0 Å². The van der Waals surface area contributed by atoms with Crippen molar-refractivity contribution >= 4 is 33.3 Å². The highest BCUT2D eigenvalue weighted by Gasteiger charge is 2.33. The Bertz CT molecular complexity index is 1480. The van der Waals surface area contributed by atoms with E-state index in [0.29, 0.717) is 41.9 Å². The van der Waals surface area contributed by atoms with Gasteiger partial charge in [-0.3, -0.25) is 9.52 Å². The number of aryl methyl sites for hydroxylation is 2. The monoisotopic (exact) mass is 506 g/mol. The van der Waals surface area contributed by atoms with Gasteiger partial charge in [0.15, 0.2) is 5.82 Å². The van der Waals surface area contributed by atoms with Crippen LogP contribution in [0.4, 0.5) is 17.3 Å². The molecule has 0 bridgehead atoms. The molecule has 13 nitrogen and oxygen atoms in total. The van der Waals surface area contributed by atoms with Gasteiger partial charge in [-0.2, -0.15) is 5.10 Å². The number of nitrogens with zero attached hydrogens (tertiary/aromatic N) is 8. The zero-order valence-electron chi connectivity index (χ0n) is 19.4. The molecule has 0 aliphatic carbocycles. The van der Waals surface area contributed by atoms with Crippen LogP contribution in [0.15, 0.2) is 60.3 Å². The number of nitrogens with one attached hydrogen (secondary N) is 2. The minimum absolute atomic E-state index is 0.0520. The SMILES string of the molecule is Cc1cc(NS(=O)(=O)c2ccc(NC(=O)C3CN(c4cc(-n5cncn5)ncn4)C3)cc2)nc(C)n1. The quantitative estimate of drug-likeness (QED) is 0.374. The number of benzene rings is 1. The van der Waals surface area contributed by atoms with Gasteiger partial charge in [-0.05, 0) is 38.1 Å². The fourth-order valence-electron chi connectivity index (χ4n) is 3.72. The Hall–Kier alpha value is -4.46. The second kappa shape index (κ2) is 9.30. The summed E-state index contributed by atoms with van der Waals surface area (Å²) in [6.07, 6.45) is 4.41. The van der Waals surface area contributed by atoms with Crippen molar-refractivity contribution in [2.45, 2.75) is 18.7 Å². The molecular formula is C22H22N10O3S. The standard InChI is InChI=1S/C22H22N10O3S/c1-14-7-19(28-15(2)27-14)30-36(34,35)18-5-3-17(4-6-18)29-22(33)16-9-31(10-16)20-8-21(25-12-24-20)32-13-23-11-26-32/h3-8,11-13,16H,9-10H2,1-2H3,(H,29,33)(H,27,28,30). The maximum Gasteiger partial charge on any atom is 0.263 e. The number of amides is 1. The Morgan fingerprint density at radius 2 is 1.75 bits per heavy atom. The Kier molecular flexibility index (Phi) is 6.01. The number of carbonyl (C=O) groups excluding carboxylic acids is 1. The minimum Gasteiger partial charge on any atom is -0.355 e. The van der Waals surface area contributed by atoms with Crippen molar-refractivity contribution in [1.82, 2.24) is 34.7 Å². The summed E-state index contributed by atoms with van der Waals surface area (Å²) in [5, 5.41) is 6.89. The highest BCUT2D eigenvalue weighted by molar-refractivity contribution is 7.92. The van der Waals surface area contributed by atoms with E-state index in [4.69, 9.17) is 0 Å². The number of hydrogen-bond acceptors (Lipinski definition) is 10. The smallest absolute Gasteiger partial charge is 0.263 e. The normalized spacial score (nSPS) is 13.8.